The van der Waals surface area contributed by atoms with Gasteiger partial charge < -0.3 is 5.32 Å². The summed E-state index contributed by atoms with van der Waals surface area (Å²) in [4.78, 5) is 17.4. The highest BCUT2D eigenvalue weighted by Crippen LogP contribution is 2.31. The molecule has 0 atom stereocenters. The van der Waals surface area contributed by atoms with E-state index < -0.39 is 15.6 Å². The molecule has 9 heteroatoms. The molecule has 0 aliphatic carbocycles. The zero-order chi connectivity index (χ0) is 19.9. The Labute approximate surface area is 165 Å². The second-order valence-electron chi connectivity index (χ2n) is 7.92. The summed E-state index contributed by atoms with van der Waals surface area (Å²) >= 11 is 0. The number of piperidine rings is 1. The molecule has 0 saturated carbocycles. The second-order valence-corrected chi connectivity index (χ2v) is 9.86. The van der Waals surface area contributed by atoms with Crippen LogP contribution >= 0.6 is 0 Å². The third-order valence-electron chi connectivity index (χ3n) is 5.54. The topological polar surface area (TPSA) is 97.2 Å². The van der Waals surface area contributed by atoms with E-state index in [1.807, 2.05) is 13.8 Å². The van der Waals surface area contributed by atoms with Gasteiger partial charge in [-0.15, -0.1) is 0 Å². The van der Waals surface area contributed by atoms with Crippen LogP contribution in [0.1, 0.15) is 44.3 Å². The standard InChI is InChI=1S/C19H25N5O3S/c1-14(2)18-20-16-12-19(21-17(25)13-24(16)22-18)8-10-23(11-9-19)28(26,27)15-6-4-3-5-7-15/h3-7,14H,8-13H2,1-2H3,(H,21,25). The number of hydrogen-bond acceptors (Lipinski definition) is 5. The number of rotatable bonds is 3. The van der Waals surface area contributed by atoms with Crippen LogP contribution in [-0.4, -0.2) is 52.0 Å². The van der Waals surface area contributed by atoms with Gasteiger partial charge in [0.1, 0.15) is 12.4 Å². The second kappa shape index (κ2) is 6.97. The van der Waals surface area contributed by atoms with E-state index in [2.05, 4.69) is 15.4 Å². The van der Waals surface area contributed by atoms with E-state index in [0.717, 1.165) is 11.6 Å². The molecule has 1 aromatic carbocycles. The molecule has 2 aromatic rings. The third-order valence-corrected chi connectivity index (χ3v) is 7.45. The van der Waals surface area contributed by atoms with E-state index in [4.69, 9.17) is 0 Å². The lowest BCUT2D eigenvalue weighted by molar-refractivity contribution is -0.123. The Morgan fingerprint density at radius 1 is 1.14 bits per heavy atom. The lowest BCUT2D eigenvalue weighted by Crippen LogP contribution is -2.56. The number of amides is 1. The first-order valence-electron chi connectivity index (χ1n) is 9.59. The molecule has 3 heterocycles. The monoisotopic (exact) mass is 403 g/mol. The zero-order valence-electron chi connectivity index (χ0n) is 16.1. The van der Waals surface area contributed by atoms with E-state index >= 15 is 0 Å². The summed E-state index contributed by atoms with van der Waals surface area (Å²) in [5, 5.41) is 7.60. The van der Waals surface area contributed by atoms with E-state index in [0.29, 0.717) is 37.2 Å². The Kier molecular flexibility index (Phi) is 4.75. The van der Waals surface area contributed by atoms with Gasteiger partial charge in [0.05, 0.1) is 4.90 Å². The Hall–Kier alpha value is -2.26. The van der Waals surface area contributed by atoms with Crippen molar-refractivity contribution in [2.24, 2.45) is 0 Å². The number of nitrogens with zero attached hydrogens (tertiary/aromatic N) is 4. The molecular weight excluding hydrogens is 378 g/mol. The fraction of sp³-hybridized carbons (Fsp3) is 0.526. The minimum absolute atomic E-state index is 0.0988. The molecule has 2 aliphatic heterocycles. The highest BCUT2D eigenvalue weighted by Gasteiger charge is 2.42. The first-order valence-corrected chi connectivity index (χ1v) is 11.0. The van der Waals surface area contributed by atoms with Crippen LogP contribution in [0.3, 0.4) is 0 Å². The predicted octanol–water partition coefficient (Wildman–Crippen LogP) is 1.30. The lowest BCUT2D eigenvalue weighted by Gasteiger charge is -2.40. The Morgan fingerprint density at radius 3 is 2.46 bits per heavy atom. The molecule has 0 radical (unpaired) electrons. The maximum absolute atomic E-state index is 12.9. The van der Waals surface area contributed by atoms with Crippen LogP contribution in [0.4, 0.5) is 0 Å². The van der Waals surface area contributed by atoms with Crippen molar-refractivity contribution in [1.82, 2.24) is 24.4 Å². The van der Waals surface area contributed by atoms with Crippen molar-refractivity contribution in [3.8, 4) is 0 Å². The van der Waals surface area contributed by atoms with Crippen LogP contribution in [0.5, 0.6) is 0 Å². The van der Waals surface area contributed by atoms with Gasteiger partial charge in [-0.1, -0.05) is 32.0 Å². The van der Waals surface area contributed by atoms with Crippen LogP contribution in [0, 0.1) is 0 Å². The summed E-state index contributed by atoms with van der Waals surface area (Å²) in [6.07, 6.45) is 1.67. The molecule has 8 nitrogen and oxygen atoms in total. The van der Waals surface area contributed by atoms with Gasteiger partial charge in [-0.25, -0.2) is 18.1 Å². The molecule has 1 aromatic heterocycles. The normalized spacial score (nSPS) is 20.0. The van der Waals surface area contributed by atoms with Crippen molar-refractivity contribution in [3.63, 3.8) is 0 Å². The summed E-state index contributed by atoms with van der Waals surface area (Å²) < 4.78 is 29.0. The Bertz CT molecular complexity index is 976. The number of nitrogens with one attached hydrogen (secondary N) is 1. The van der Waals surface area contributed by atoms with Gasteiger partial charge in [0.25, 0.3) is 0 Å². The van der Waals surface area contributed by atoms with Gasteiger partial charge in [0.15, 0.2) is 5.82 Å². The van der Waals surface area contributed by atoms with Gasteiger partial charge in [-0.3, -0.25) is 4.79 Å². The van der Waals surface area contributed by atoms with Crippen LogP contribution in [0.15, 0.2) is 35.2 Å². The first kappa shape index (κ1) is 19.1. The quantitative estimate of drug-likeness (QED) is 0.833. The maximum Gasteiger partial charge on any atom is 0.243 e. The van der Waals surface area contributed by atoms with Gasteiger partial charge in [-0.2, -0.15) is 9.40 Å². The van der Waals surface area contributed by atoms with E-state index in [1.54, 1.807) is 35.0 Å². The summed E-state index contributed by atoms with van der Waals surface area (Å²) in [6, 6.07) is 8.48. The molecule has 150 valence electrons. The van der Waals surface area contributed by atoms with Gasteiger partial charge in [0, 0.05) is 31.0 Å². The number of hydrogen-bond donors (Lipinski definition) is 1. The van der Waals surface area contributed by atoms with Crippen LogP contribution in [0.25, 0.3) is 0 Å². The molecule has 1 amide bonds. The third kappa shape index (κ3) is 3.44. The molecule has 1 spiro atoms. The van der Waals surface area contributed by atoms with E-state index in [9.17, 15) is 13.2 Å². The summed E-state index contributed by atoms with van der Waals surface area (Å²) in [5.74, 6) is 1.62. The van der Waals surface area contributed by atoms with Crippen LogP contribution in [0.2, 0.25) is 0 Å². The molecule has 0 bridgehead atoms. The number of carbonyl (C=O) groups is 1. The van der Waals surface area contributed by atoms with Crippen molar-refractivity contribution in [2.45, 2.75) is 56.0 Å². The average Bonchev–Trinajstić information content (AvgIpc) is 2.99. The van der Waals surface area contributed by atoms with Gasteiger partial charge >= 0.3 is 0 Å². The number of benzene rings is 1. The van der Waals surface area contributed by atoms with Gasteiger partial charge in [-0.05, 0) is 25.0 Å². The molecule has 1 N–H and O–H groups in total. The summed E-state index contributed by atoms with van der Waals surface area (Å²) in [6.45, 7) is 4.93. The first-order chi connectivity index (χ1) is 13.3. The Balaban J connectivity index is 1.55. The van der Waals surface area contributed by atoms with Gasteiger partial charge in [0.2, 0.25) is 15.9 Å². The van der Waals surface area contributed by atoms with Crippen LogP contribution < -0.4 is 5.32 Å². The highest BCUT2D eigenvalue weighted by atomic mass is 32.2. The lowest BCUT2D eigenvalue weighted by atomic mass is 9.85. The summed E-state index contributed by atoms with van der Waals surface area (Å²) in [7, 11) is -3.52. The molecule has 2 aliphatic rings. The number of aromatic nitrogens is 3. The maximum atomic E-state index is 12.9. The van der Waals surface area contributed by atoms with Crippen molar-refractivity contribution in [1.29, 1.82) is 0 Å². The zero-order valence-corrected chi connectivity index (χ0v) is 16.9. The molecule has 28 heavy (non-hydrogen) atoms. The smallest absolute Gasteiger partial charge is 0.243 e. The average molecular weight is 404 g/mol. The number of sulfonamides is 1. The minimum Gasteiger partial charge on any atom is -0.349 e. The van der Waals surface area contributed by atoms with Crippen molar-refractivity contribution < 1.29 is 13.2 Å². The molecular formula is C19H25N5O3S. The van der Waals surface area contributed by atoms with Crippen molar-refractivity contribution >= 4 is 15.9 Å². The minimum atomic E-state index is -3.52. The summed E-state index contributed by atoms with van der Waals surface area (Å²) in [5.41, 5.74) is -0.477. The molecule has 1 saturated heterocycles. The molecule has 0 unspecified atom stereocenters. The number of carbonyl (C=O) groups excluding carboxylic acids is 1. The predicted molar refractivity (Wildman–Crippen MR) is 103 cm³/mol. The van der Waals surface area contributed by atoms with Crippen LogP contribution in [-0.2, 0) is 27.8 Å². The largest absolute Gasteiger partial charge is 0.349 e. The fourth-order valence-corrected chi connectivity index (χ4v) is 5.37. The molecule has 1 fully saturated rings. The Morgan fingerprint density at radius 2 is 1.82 bits per heavy atom. The van der Waals surface area contributed by atoms with Crippen molar-refractivity contribution in [3.05, 3.63) is 42.0 Å². The number of fused-ring (bicyclic) bond motifs is 1. The van der Waals surface area contributed by atoms with E-state index in [1.165, 1.54) is 4.31 Å². The fourth-order valence-electron chi connectivity index (χ4n) is 3.91. The highest BCUT2D eigenvalue weighted by molar-refractivity contribution is 7.89. The van der Waals surface area contributed by atoms with Crippen molar-refractivity contribution in [2.75, 3.05) is 13.1 Å². The SMILES string of the molecule is CC(C)c1nc2n(n1)CC(=O)NC1(CCN(S(=O)(=O)c3ccccc3)CC1)C2. The van der Waals surface area contributed by atoms with E-state index in [-0.39, 0.29) is 18.4 Å². The molecule has 4 rings (SSSR count).